The summed E-state index contributed by atoms with van der Waals surface area (Å²) in [5.74, 6) is 0. The number of aliphatic hydroxyl groups excluding tert-OH is 4. The van der Waals surface area contributed by atoms with E-state index in [4.69, 9.17) is 4.74 Å². The number of nitrogens with zero attached hydrogens (tertiary/aromatic N) is 3. The third kappa shape index (κ3) is 4.32. The summed E-state index contributed by atoms with van der Waals surface area (Å²) in [6.07, 6.45) is -6.50. The van der Waals surface area contributed by atoms with Crippen molar-refractivity contribution < 1.29 is 30.3 Å². The lowest BCUT2D eigenvalue weighted by atomic mass is 9.99. The van der Waals surface area contributed by atoms with E-state index in [2.05, 4.69) is 15.2 Å². The van der Waals surface area contributed by atoms with Crippen LogP contribution in [0.25, 0.3) is 22.5 Å². The average molecular weight is 443 g/mol. The molecule has 31 heavy (non-hydrogen) atoms. The van der Waals surface area contributed by atoms with Gasteiger partial charge in [0.15, 0.2) is 0 Å². The van der Waals surface area contributed by atoms with Gasteiger partial charge in [-0.05, 0) is 11.8 Å². The molecule has 10 heteroatoms. The summed E-state index contributed by atoms with van der Waals surface area (Å²) in [4.78, 5) is 4.52. The zero-order valence-corrected chi connectivity index (χ0v) is 17.0. The molecule has 0 spiro atoms. The second-order valence-electron chi connectivity index (χ2n) is 7.02. The van der Waals surface area contributed by atoms with E-state index in [1.165, 1.54) is 0 Å². The highest BCUT2D eigenvalue weighted by Crippen LogP contribution is 2.40. The number of rotatable bonds is 5. The summed E-state index contributed by atoms with van der Waals surface area (Å²) in [6, 6.07) is 18.6. The van der Waals surface area contributed by atoms with Crippen molar-refractivity contribution in [1.82, 2.24) is 15.2 Å². The molecule has 2 heterocycles. The van der Waals surface area contributed by atoms with Gasteiger partial charge in [0.2, 0.25) is 5.16 Å². The van der Waals surface area contributed by atoms with Crippen molar-refractivity contribution in [3.8, 4) is 22.5 Å². The molecule has 1 unspecified atom stereocenters. The monoisotopic (exact) mass is 443 g/mol. The van der Waals surface area contributed by atoms with Crippen molar-refractivity contribution in [2.45, 2.75) is 34.7 Å². The van der Waals surface area contributed by atoms with Crippen LogP contribution in [0.15, 0.2) is 65.8 Å². The zero-order valence-electron chi connectivity index (χ0n) is 16.2. The van der Waals surface area contributed by atoms with Crippen LogP contribution in [-0.2, 0) is 4.74 Å². The molecule has 1 aromatic heterocycles. The summed E-state index contributed by atoms with van der Waals surface area (Å²) in [6.45, 7) is -0.671. The van der Waals surface area contributed by atoms with Gasteiger partial charge in [0.05, 0.1) is 6.61 Å². The van der Waals surface area contributed by atoms with Crippen molar-refractivity contribution in [3.05, 3.63) is 60.7 Å². The van der Waals surface area contributed by atoms with Crippen LogP contribution in [-0.4, -0.2) is 76.9 Å². The maximum Gasteiger partial charge on any atom is 0.253 e. The number of benzene rings is 2. The molecule has 0 aliphatic carbocycles. The van der Waals surface area contributed by atoms with Crippen molar-refractivity contribution in [3.63, 3.8) is 0 Å². The molecule has 0 saturated carbocycles. The molecule has 4 rings (SSSR count). The molecule has 1 saturated heterocycles. The molecular formula is C21H21N3O6S. The van der Waals surface area contributed by atoms with Gasteiger partial charge in [0.1, 0.15) is 35.8 Å². The number of aliphatic hydroxyl groups is 5. The Hall–Kier alpha value is -2.44. The van der Waals surface area contributed by atoms with E-state index in [1.807, 2.05) is 60.7 Å². The van der Waals surface area contributed by atoms with Gasteiger partial charge >= 0.3 is 0 Å². The van der Waals surface area contributed by atoms with E-state index in [0.717, 1.165) is 11.1 Å². The summed E-state index contributed by atoms with van der Waals surface area (Å²) >= 11 is 0.529. The molecule has 162 valence electrons. The van der Waals surface area contributed by atoms with Gasteiger partial charge in [0.25, 0.3) is 5.12 Å². The molecule has 3 aromatic rings. The van der Waals surface area contributed by atoms with Crippen LogP contribution in [0.2, 0.25) is 0 Å². The predicted octanol–water partition coefficient (Wildman–Crippen LogP) is 0.418. The van der Waals surface area contributed by atoms with Crippen LogP contribution in [0.1, 0.15) is 0 Å². The van der Waals surface area contributed by atoms with E-state index in [9.17, 15) is 25.5 Å². The molecule has 0 bridgehead atoms. The highest BCUT2D eigenvalue weighted by molar-refractivity contribution is 8.00. The van der Waals surface area contributed by atoms with Crippen molar-refractivity contribution in [1.29, 1.82) is 0 Å². The lowest BCUT2D eigenvalue weighted by Crippen LogP contribution is -2.63. The minimum atomic E-state index is -2.41. The molecule has 1 aliphatic heterocycles. The highest BCUT2D eigenvalue weighted by Gasteiger charge is 2.54. The third-order valence-corrected chi connectivity index (χ3v) is 5.91. The Morgan fingerprint density at radius 3 is 2.00 bits per heavy atom. The lowest BCUT2D eigenvalue weighted by Gasteiger charge is -2.44. The maximum absolute atomic E-state index is 10.8. The molecule has 5 N–H and O–H groups in total. The first-order chi connectivity index (χ1) is 14.9. The number of ether oxygens (including phenoxy) is 1. The van der Waals surface area contributed by atoms with Crippen molar-refractivity contribution in [2.75, 3.05) is 6.61 Å². The summed E-state index contributed by atoms with van der Waals surface area (Å²) in [5, 5.41) is 56.4. The molecule has 2 aromatic carbocycles. The first-order valence-corrected chi connectivity index (χ1v) is 10.3. The maximum atomic E-state index is 10.8. The Labute approximate surface area is 182 Å². The standard InChI is InChI=1S/C21H21N3O6S/c25-11-14-17(26)18(27)19(28)21(29,30-14)31-20-22-15(12-7-3-1-4-8-12)16(23-24-20)13-9-5-2-6-10-13/h1-10,14,17-19,25-29H,11H2/t14-,17-,18+,19-,21?/m1/s1. The van der Waals surface area contributed by atoms with Crippen molar-refractivity contribution >= 4 is 11.8 Å². The molecule has 1 aliphatic rings. The summed E-state index contributed by atoms with van der Waals surface area (Å²) in [7, 11) is 0. The van der Waals surface area contributed by atoms with E-state index in [0.29, 0.717) is 23.1 Å². The van der Waals surface area contributed by atoms with E-state index >= 15 is 0 Å². The average Bonchev–Trinajstić information content (AvgIpc) is 2.81. The van der Waals surface area contributed by atoms with Crippen LogP contribution in [0.3, 0.4) is 0 Å². The Morgan fingerprint density at radius 2 is 1.42 bits per heavy atom. The SMILES string of the molecule is OC[C@H]1OC(O)(Sc2nnc(-c3ccccc3)c(-c3ccccc3)n2)[C@H](O)[C@@H](O)[C@@H]1O. The predicted molar refractivity (Wildman–Crippen MR) is 111 cm³/mol. The number of hydrogen-bond acceptors (Lipinski definition) is 10. The molecule has 5 atom stereocenters. The summed E-state index contributed by atoms with van der Waals surface area (Å²) in [5.41, 5.74) is 2.58. The second-order valence-corrected chi connectivity index (χ2v) is 8.18. The van der Waals surface area contributed by atoms with Gasteiger partial charge in [-0.3, -0.25) is 0 Å². The van der Waals surface area contributed by atoms with Crippen LogP contribution in [0, 0.1) is 0 Å². The fourth-order valence-electron chi connectivity index (χ4n) is 3.28. The molecule has 0 radical (unpaired) electrons. The first-order valence-electron chi connectivity index (χ1n) is 9.53. The van der Waals surface area contributed by atoms with E-state index < -0.39 is 36.1 Å². The van der Waals surface area contributed by atoms with Crippen LogP contribution < -0.4 is 0 Å². The quantitative estimate of drug-likeness (QED) is 0.351. The van der Waals surface area contributed by atoms with Gasteiger partial charge in [-0.2, -0.15) is 0 Å². The topological polar surface area (TPSA) is 149 Å². The Bertz CT molecular complexity index is 1030. The molecule has 0 amide bonds. The minimum Gasteiger partial charge on any atom is -0.394 e. The number of thioether (sulfide) groups is 1. The Morgan fingerprint density at radius 1 is 0.839 bits per heavy atom. The molecular weight excluding hydrogens is 422 g/mol. The number of hydrogen-bond donors (Lipinski definition) is 5. The van der Waals surface area contributed by atoms with E-state index in [1.54, 1.807) is 0 Å². The molecule has 9 nitrogen and oxygen atoms in total. The number of aromatic nitrogens is 3. The van der Waals surface area contributed by atoms with E-state index in [-0.39, 0.29) is 5.16 Å². The van der Waals surface area contributed by atoms with Gasteiger partial charge < -0.3 is 30.3 Å². The highest BCUT2D eigenvalue weighted by atomic mass is 32.2. The first kappa shape index (κ1) is 21.8. The van der Waals surface area contributed by atoms with Crippen LogP contribution in [0.5, 0.6) is 0 Å². The molecule has 1 fully saturated rings. The minimum absolute atomic E-state index is 0.0274. The summed E-state index contributed by atoms with van der Waals surface area (Å²) < 4.78 is 5.28. The van der Waals surface area contributed by atoms with Crippen LogP contribution >= 0.6 is 11.8 Å². The normalized spacial score (nSPS) is 28.4. The Kier molecular flexibility index (Phi) is 6.30. The van der Waals surface area contributed by atoms with Gasteiger partial charge in [-0.15, -0.1) is 10.2 Å². The van der Waals surface area contributed by atoms with Gasteiger partial charge in [-0.25, -0.2) is 4.98 Å². The van der Waals surface area contributed by atoms with Gasteiger partial charge in [-0.1, -0.05) is 60.7 Å². The van der Waals surface area contributed by atoms with Crippen LogP contribution in [0.4, 0.5) is 0 Å². The lowest BCUT2D eigenvalue weighted by molar-refractivity contribution is -0.305. The second kappa shape index (κ2) is 8.97. The fourth-order valence-corrected chi connectivity index (χ4v) is 4.19. The fraction of sp³-hybridized carbons (Fsp3) is 0.286. The largest absolute Gasteiger partial charge is 0.394 e. The Balaban J connectivity index is 1.73. The smallest absolute Gasteiger partial charge is 0.253 e. The third-order valence-electron chi connectivity index (χ3n) is 4.93. The van der Waals surface area contributed by atoms with Gasteiger partial charge in [0, 0.05) is 11.1 Å². The van der Waals surface area contributed by atoms with Crippen molar-refractivity contribution in [2.24, 2.45) is 0 Å². The zero-order chi connectivity index (χ0) is 22.0.